The molecule has 32 heavy (non-hydrogen) atoms. The second-order valence-electron chi connectivity index (χ2n) is 9.86. The molecule has 174 valence electrons. The Labute approximate surface area is 190 Å². The number of carbonyl (C=O) groups excluding carboxylic acids is 1. The highest BCUT2D eigenvalue weighted by Gasteiger charge is 2.25. The zero-order chi connectivity index (χ0) is 23.5. The number of carboxylic acids is 1. The summed E-state index contributed by atoms with van der Waals surface area (Å²) in [7, 11) is 0. The van der Waals surface area contributed by atoms with Crippen LogP contribution in [-0.4, -0.2) is 38.9 Å². The van der Waals surface area contributed by atoms with Gasteiger partial charge in [0, 0.05) is 24.3 Å². The van der Waals surface area contributed by atoms with Crippen LogP contribution in [0, 0.1) is 5.92 Å². The maximum Gasteiger partial charge on any atom is 0.407 e. The molecule has 2 aromatic rings. The van der Waals surface area contributed by atoms with Gasteiger partial charge in [-0.05, 0) is 69.6 Å². The van der Waals surface area contributed by atoms with E-state index < -0.39 is 23.6 Å². The van der Waals surface area contributed by atoms with E-state index in [9.17, 15) is 14.7 Å². The van der Waals surface area contributed by atoms with Gasteiger partial charge in [-0.15, -0.1) is 0 Å². The topological polar surface area (TPSA) is 93.4 Å². The summed E-state index contributed by atoms with van der Waals surface area (Å²) < 4.78 is 7.32. The van der Waals surface area contributed by atoms with E-state index in [1.165, 1.54) is 11.1 Å². The maximum atomic E-state index is 11.9. The Morgan fingerprint density at radius 1 is 1.25 bits per heavy atom. The fraction of sp³-hybridized carbons (Fsp3) is 0.560. The van der Waals surface area contributed by atoms with Gasteiger partial charge in [-0.25, -0.2) is 9.78 Å². The first-order valence-corrected chi connectivity index (χ1v) is 11.4. The normalized spacial score (nSPS) is 13.9. The summed E-state index contributed by atoms with van der Waals surface area (Å²) >= 11 is 0. The van der Waals surface area contributed by atoms with E-state index in [1.807, 2.05) is 6.33 Å². The number of hydrogen-bond acceptors (Lipinski definition) is 4. The predicted octanol–water partition coefficient (Wildman–Crippen LogP) is 4.64. The molecule has 2 N–H and O–H groups in total. The first-order chi connectivity index (χ1) is 15.0. The Morgan fingerprint density at radius 2 is 2.00 bits per heavy atom. The van der Waals surface area contributed by atoms with Crippen LogP contribution in [0.4, 0.5) is 4.79 Å². The lowest BCUT2D eigenvalue weighted by Gasteiger charge is -2.22. The maximum absolute atomic E-state index is 11.9. The van der Waals surface area contributed by atoms with Gasteiger partial charge in [0.1, 0.15) is 5.60 Å². The molecule has 0 saturated heterocycles. The largest absolute Gasteiger partial charge is 0.481 e. The van der Waals surface area contributed by atoms with E-state index in [2.05, 4.69) is 46.9 Å². The molecule has 7 heteroatoms. The molecule has 1 atom stereocenters. The van der Waals surface area contributed by atoms with Gasteiger partial charge in [0.25, 0.3) is 0 Å². The smallest absolute Gasteiger partial charge is 0.407 e. The van der Waals surface area contributed by atoms with Gasteiger partial charge in [-0.1, -0.05) is 26.0 Å². The summed E-state index contributed by atoms with van der Waals surface area (Å²) in [6.07, 6.45) is 4.55. The van der Waals surface area contributed by atoms with Gasteiger partial charge in [-0.2, -0.15) is 0 Å². The number of carbonyl (C=O) groups is 2. The quantitative estimate of drug-likeness (QED) is 0.582. The number of fused-ring (bicyclic) bond motifs is 3. The lowest BCUT2D eigenvalue weighted by atomic mass is 9.92. The van der Waals surface area contributed by atoms with Crippen LogP contribution in [0.2, 0.25) is 0 Å². The average Bonchev–Trinajstić information content (AvgIpc) is 3.11. The van der Waals surface area contributed by atoms with Gasteiger partial charge >= 0.3 is 12.1 Å². The molecule has 1 amide bonds. The number of nitrogens with one attached hydrogen (secondary N) is 1. The third-order valence-electron chi connectivity index (χ3n) is 5.80. The molecular weight excluding hydrogens is 406 g/mol. The zero-order valence-electron chi connectivity index (χ0n) is 19.8. The number of ether oxygens (including phenoxy) is 1. The molecule has 0 bridgehead atoms. The first kappa shape index (κ1) is 23.8. The van der Waals surface area contributed by atoms with Crippen molar-refractivity contribution in [3.63, 3.8) is 0 Å². The first-order valence-electron chi connectivity index (χ1n) is 11.4. The lowest BCUT2D eigenvalue weighted by molar-refractivity contribution is -0.142. The minimum Gasteiger partial charge on any atom is -0.481 e. The van der Waals surface area contributed by atoms with Crippen molar-refractivity contribution in [2.24, 2.45) is 5.92 Å². The Kier molecular flexibility index (Phi) is 7.26. The number of carboxylic acid groups (broad SMARTS) is 1. The van der Waals surface area contributed by atoms with Gasteiger partial charge in [0.2, 0.25) is 0 Å². The zero-order valence-corrected chi connectivity index (χ0v) is 19.8. The van der Waals surface area contributed by atoms with E-state index in [4.69, 9.17) is 4.74 Å². The van der Waals surface area contributed by atoms with Crippen LogP contribution < -0.4 is 5.32 Å². The van der Waals surface area contributed by atoms with Gasteiger partial charge in [0.05, 0.1) is 17.9 Å². The number of rotatable bonds is 8. The molecule has 0 saturated carbocycles. The van der Waals surface area contributed by atoms with Crippen molar-refractivity contribution >= 4 is 12.1 Å². The van der Waals surface area contributed by atoms with Crippen LogP contribution in [0.5, 0.6) is 0 Å². The molecule has 0 unspecified atom stereocenters. The third-order valence-corrected chi connectivity index (χ3v) is 5.80. The van der Waals surface area contributed by atoms with Crippen LogP contribution in [0.25, 0.3) is 5.69 Å². The van der Waals surface area contributed by atoms with Crippen molar-refractivity contribution in [2.75, 3.05) is 6.54 Å². The molecule has 2 heterocycles. The lowest BCUT2D eigenvalue weighted by Crippen LogP contribution is -2.33. The SMILES string of the molecule is CC(C)c1ccc2c(c1)CCc1c(C[C@H](CCCNC(=O)OC(C)(C)C)C(=O)O)ncn1-2. The molecule has 0 spiro atoms. The highest BCUT2D eigenvalue weighted by Crippen LogP contribution is 2.30. The Morgan fingerprint density at radius 3 is 2.66 bits per heavy atom. The average molecular weight is 442 g/mol. The molecule has 0 aliphatic carbocycles. The van der Waals surface area contributed by atoms with E-state index in [1.54, 1.807) is 20.8 Å². The minimum absolute atomic E-state index is 0.381. The number of aryl methyl sites for hydroxylation is 1. The summed E-state index contributed by atoms with van der Waals surface area (Å²) in [5.74, 6) is -0.886. The van der Waals surface area contributed by atoms with E-state index in [0.29, 0.717) is 31.7 Å². The molecule has 0 fully saturated rings. The van der Waals surface area contributed by atoms with E-state index in [0.717, 1.165) is 29.9 Å². The summed E-state index contributed by atoms with van der Waals surface area (Å²) in [6.45, 7) is 10.2. The van der Waals surface area contributed by atoms with Crippen LogP contribution in [0.3, 0.4) is 0 Å². The van der Waals surface area contributed by atoms with Crippen molar-refractivity contribution in [2.45, 2.75) is 78.2 Å². The molecule has 3 rings (SSSR count). The summed E-state index contributed by atoms with van der Waals surface area (Å²) in [6, 6.07) is 6.59. The van der Waals surface area contributed by atoms with Crippen LogP contribution in [0.1, 0.15) is 75.9 Å². The predicted molar refractivity (Wildman–Crippen MR) is 123 cm³/mol. The Hall–Kier alpha value is -2.83. The molecule has 1 aliphatic heterocycles. The highest BCUT2D eigenvalue weighted by molar-refractivity contribution is 5.70. The number of hydrogen-bond donors (Lipinski definition) is 2. The number of alkyl carbamates (subject to hydrolysis) is 1. The number of aliphatic carboxylic acids is 1. The number of amides is 1. The molecule has 7 nitrogen and oxygen atoms in total. The summed E-state index contributed by atoms with van der Waals surface area (Å²) in [4.78, 5) is 28.2. The second kappa shape index (κ2) is 9.76. The van der Waals surface area contributed by atoms with Gasteiger partial charge in [0.15, 0.2) is 0 Å². The molecule has 1 aromatic carbocycles. The van der Waals surface area contributed by atoms with Crippen LogP contribution in [0.15, 0.2) is 24.5 Å². The molecule has 1 aliphatic rings. The Bertz CT molecular complexity index is 972. The fourth-order valence-electron chi connectivity index (χ4n) is 4.11. The Balaban J connectivity index is 1.62. The molecular formula is C25H35N3O4. The van der Waals surface area contributed by atoms with Gasteiger partial charge < -0.3 is 19.7 Å². The van der Waals surface area contributed by atoms with Gasteiger partial charge in [-0.3, -0.25) is 4.79 Å². The van der Waals surface area contributed by atoms with Crippen LogP contribution in [-0.2, 0) is 28.8 Å². The van der Waals surface area contributed by atoms with Crippen molar-refractivity contribution in [3.8, 4) is 5.69 Å². The van der Waals surface area contributed by atoms with E-state index in [-0.39, 0.29) is 0 Å². The van der Waals surface area contributed by atoms with Crippen molar-refractivity contribution in [3.05, 3.63) is 47.0 Å². The van der Waals surface area contributed by atoms with Crippen LogP contribution >= 0.6 is 0 Å². The molecule has 0 radical (unpaired) electrons. The number of imidazole rings is 1. The third kappa shape index (κ3) is 5.90. The monoisotopic (exact) mass is 441 g/mol. The summed E-state index contributed by atoms with van der Waals surface area (Å²) in [5, 5.41) is 12.4. The summed E-state index contributed by atoms with van der Waals surface area (Å²) in [5.41, 5.74) is 5.20. The molecule has 1 aromatic heterocycles. The van der Waals surface area contributed by atoms with Crippen molar-refractivity contribution < 1.29 is 19.4 Å². The van der Waals surface area contributed by atoms with Crippen molar-refractivity contribution in [1.82, 2.24) is 14.9 Å². The van der Waals surface area contributed by atoms with Crippen molar-refractivity contribution in [1.29, 1.82) is 0 Å². The minimum atomic E-state index is -0.832. The van der Waals surface area contributed by atoms with E-state index >= 15 is 0 Å². The fourth-order valence-corrected chi connectivity index (χ4v) is 4.11. The highest BCUT2D eigenvalue weighted by atomic mass is 16.6. The second-order valence-corrected chi connectivity index (χ2v) is 9.86. The standard InChI is InChI=1S/C25H35N3O4/c1-16(2)17-8-10-21-18(13-17)9-11-22-20(27-15-28(21)22)14-19(23(29)30)7-6-12-26-24(31)32-25(3,4)5/h8,10,13,15-16,19H,6-7,9,11-12,14H2,1-5H3,(H,26,31)(H,29,30)/t19-/m0/s1. The number of benzene rings is 1. The number of aromatic nitrogens is 2. The number of nitrogens with zero attached hydrogens (tertiary/aromatic N) is 2.